The lowest BCUT2D eigenvalue weighted by molar-refractivity contribution is -0.174. The molecule has 1 heterocycles. The monoisotopic (exact) mass is 436 g/mol. The number of hydrogen-bond acceptors (Lipinski definition) is 9. The van der Waals surface area contributed by atoms with E-state index >= 15 is 0 Å². The van der Waals surface area contributed by atoms with E-state index in [0.29, 0.717) is 0 Å². The van der Waals surface area contributed by atoms with E-state index in [9.17, 15) is 19.2 Å². The Hall–Kier alpha value is -3.20. The average Bonchev–Trinajstić information content (AvgIpc) is 3.06. The fraction of sp³-hybridized carbons (Fsp3) is 0.455. The van der Waals surface area contributed by atoms with E-state index in [-0.39, 0.29) is 28.9 Å². The predicted molar refractivity (Wildman–Crippen MR) is 110 cm³/mol. The number of rotatable bonds is 10. The molecule has 9 nitrogen and oxygen atoms in total. The first-order valence-electron chi connectivity index (χ1n) is 9.38. The summed E-state index contributed by atoms with van der Waals surface area (Å²) in [6, 6.07) is 0. The van der Waals surface area contributed by atoms with Crippen LogP contribution >= 0.6 is 0 Å². The van der Waals surface area contributed by atoms with Crippen LogP contribution in [-0.2, 0) is 42.9 Å². The highest BCUT2D eigenvalue weighted by atomic mass is 16.7. The fourth-order valence-electron chi connectivity index (χ4n) is 2.35. The van der Waals surface area contributed by atoms with Crippen molar-refractivity contribution >= 4 is 23.9 Å². The van der Waals surface area contributed by atoms with Crippen molar-refractivity contribution in [2.24, 2.45) is 0 Å². The molecule has 1 fully saturated rings. The van der Waals surface area contributed by atoms with Crippen molar-refractivity contribution in [2.75, 3.05) is 13.2 Å². The molecule has 31 heavy (non-hydrogen) atoms. The van der Waals surface area contributed by atoms with Gasteiger partial charge in [0.25, 0.3) is 0 Å². The number of carbonyl (C=O) groups is 4. The minimum Gasteiger partial charge on any atom is -0.458 e. The van der Waals surface area contributed by atoms with Crippen LogP contribution in [0.3, 0.4) is 0 Å². The molecular weight excluding hydrogens is 408 g/mol. The maximum Gasteiger partial charge on any atom is 0.333 e. The molecule has 4 atom stereocenters. The van der Waals surface area contributed by atoms with Gasteiger partial charge in [0, 0.05) is 22.3 Å². The van der Waals surface area contributed by atoms with Crippen molar-refractivity contribution in [2.45, 2.75) is 52.1 Å². The van der Waals surface area contributed by atoms with Gasteiger partial charge in [0.05, 0.1) is 6.61 Å². The van der Waals surface area contributed by atoms with Crippen LogP contribution < -0.4 is 0 Å². The number of hydrogen-bond donors (Lipinski definition) is 0. The summed E-state index contributed by atoms with van der Waals surface area (Å²) < 4.78 is 26.8. The largest absolute Gasteiger partial charge is 0.458 e. The zero-order valence-corrected chi connectivity index (χ0v) is 18.2. The maximum atomic E-state index is 12.2. The summed E-state index contributed by atoms with van der Waals surface area (Å²) in [5.41, 5.74) is 0.458. The van der Waals surface area contributed by atoms with Crippen molar-refractivity contribution < 1.29 is 42.9 Å². The average molecular weight is 436 g/mol. The number of esters is 4. The first-order valence-corrected chi connectivity index (χ1v) is 9.38. The third-order valence-electron chi connectivity index (χ3n) is 4.04. The molecule has 0 aromatic carbocycles. The second kappa shape index (κ2) is 11.3. The molecule has 1 saturated heterocycles. The van der Waals surface area contributed by atoms with Gasteiger partial charge < -0.3 is 23.7 Å². The molecular formula is C22H28O9. The summed E-state index contributed by atoms with van der Waals surface area (Å²) in [6.07, 6.45) is -4.48. The normalized spacial score (nSPS) is 20.7. The van der Waals surface area contributed by atoms with Crippen LogP contribution in [0.15, 0.2) is 48.6 Å². The molecule has 0 radical (unpaired) electrons. The fourth-order valence-corrected chi connectivity index (χ4v) is 2.35. The molecule has 1 aliphatic heterocycles. The predicted octanol–water partition coefficient (Wildman–Crippen LogP) is 1.97. The Morgan fingerprint density at radius 1 is 0.806 bits per heavy atom. The van der Waals surface area contributed by atoms with Crippen molar-refractivity contribution in [3.8, 4) is 0 Å². The summed E-state index contributed by atoms with van der Waals surface area (Å²) in [5.74, 6) is -2.96. The summed E-state index contributed by atoms with van der Waals surface area (Å²) in [7, 11) is 0. The summed E-state index contributed by atoms with van der Waals surface area (Å²) in [4.78, 5) is 48.1. The smallest absolute Gasteiger partial charge is 0.333 e. The molecule has 1 aliphatic rings. The highest BCUT2D eigenvalue weighted by molar-refractivity contribution is 5.89. The Balaban J connectivity index is 3.19. The van der Waals surface area contributed by atoms with Crippen LogP contribution in [-0.4, -0.2) is 61.5 Å². The molecule has 1 rings (SSSR count). The Bertz CT molecular complexity index is 808. The van der Waals surface area contributed by atoms with E-state index in [2.05, 4.69) is 26.3 Å². The molecule has 0 amide bonds. The lowest BCUT2D eigenvalue weighted by Gasteiger charge is -2.28. The topological polar surface area (TPSA) is 114 Å². The van der Waals surface area contributed by atoms with Crippen molar-refractivity contribution in [3.63, 3.8) is 0 Å². The third-order valence-corrected chi connectivity index (χ3v) is 4.04. The molecule has 0 aromatic heterocycles. The van der Waals surface area contributed by atoms with Gasteiger partial charge in [0.15, 0.2) is 18.3 Å². The molecule has 0 bridgehead atoms. The Kier molecular flexibility index (Phi) is 9.39. The molecule has 0 saturated carbocycles. The van der Waals surface area contributed by atoms with Crippen LogP contribution in [0.4, 0.5) is 0 Å². The first kappa shape index (κ1) is 25.8. The van der Waals surface area contributed by atoms with Crippen LogP contribution in [0.2, 0.25) is 0 Å². The van der Waals surface area contributed by atoms with Gasteiger partial charge in [-0.3, -0.25) is 0 Å². The van der Waals surface area contributed by atoms with Crippen LogP contribution in [0.1, 0.15) is 27.7 Å². The number of ether oxygens (including phenoxy) is 5. The van der Waals surface area contributed by atoms with E-state index in [1.54, 1.807) is 0 Å². The van der Waals surface area contributed by atoms with E-state index in [4.69, 9.17) is 23.7 Å². The van der Waals surface area contributed by atoms with Gasteiger partial charge in [-0.1, -0.05) is 26.3 Å². The second-order valence-electron chi connectivity index (χ2n) is 7.28. The highest BCUT2D eigenvalue weighted by Gasteiger charge is 2.48. The lowest BCUT2D eigenvalue weighted by atomic mass is 10.1. The van der Waals surface area contributed by atoms with Crippen LogP contribution in [0.25, 0.3) is 0 Å². The highest BCUT2D eigenvalue weighted by Crippen LogP contribution is 2.27. The van der Waals surface area contributed by atoms with Gasteiger partial charge in [-0.05, 0) is 27.7 Å². The van der Waals surface area contributed by atoms with Crippen molar-refractivity contribution in [1.29, 1.82) is 0 Å². The summed E-state index contributed by atoms with van der Waals surface area (Å²) in [5, 5.41) is 0. The molecule has 0 aromatic rings. The molecule has 170 valence electrons. The van der Waals surface area contributed by atoms with Gasteiger partial charge in [-0.2, -0.15) is 0 Å². The van der Waals surface area contributed by atoms with Crippen molar-refractivity contribution in [3.05, 3.63) is 48.6 Å². The van der Waals surface area contributed by atoms with E-state index in [1.165, 1.54) is 27.7 Å². The SMILES string of the molecule is C=C(C)C(=O)OCC(OC(=O)C(=C)C)C1OCC(OC(=O)C(=C)C)C1OC(=O)C(=C)C. The molecule has 4 unspecified atom stereocenters. The minimum atomic E-state index is -1.19. The zero-order chi connectivity index (χ0) is 23.9. The number of carbonyl (C=O) groups excluding carboxylic acids is 4. The Morgan fingerprint density at radius 2 is 1.29 bits per heavy atom. The van der Waals surface area contributed by atoms with Gasteiger partial charge in [0.1, 0.15) is 12.7 Å². The minimum absolute atomic E-state index is 0.0926. The third kappa shape index (κ3) is 7.53. The lowest BCUT2D eigenvalue weighted by Crippen LogP contribution is -2.47. The molecule has 0 N–H and O–H groups in total. The second-order valence-corrected chi connectivity index (χ2v) is 7.28. The van der Waals surface area contributed by atoms with Crippen molar-refractivity contribution in [1.82, 2.24) is 0 Å². The summed E-state index contributed by atoms with van der Waals surface area (Å²) >= 11 is 0. The standard InChI is InChI=1S/C22H28O9/c1-11(2)19(23)28-10-15(29-20(24)12(3)4)17-18(31-22(26)14(7)8)16(9-27-17)30-21(25)13(5)6/h15-18H,1,3,5,7,9-10H2,2,4,6,8H3. The van der Waals surface area contributed by atoms with Gasteiger partial charge in [0.2, 0.25) is 0 Å². The van der Waals surface area contributed by atoms with Gasteiger partial charge in [-0.15, -0.1) is 0 Å². The molecule has 9 heteroatoms. The first-order chi connectivity index (χ1) is 14.3. The molecule has 0 aliphatic carbocycles. The van der Waals surface area contributed by atoms with E-state index in [0.717, 1.165) is 0 Å². The molecule has 0 spiro atoms. The zero-order valence-electron chi connectivity index (χ0n) is 18.2. The summed E-state index contributed by atoms with van der Waals surface area (Å²) in [6.45, 7) is 19.2. The Morgan fingerprint density at radius 3 is 1.77 bits per heavy atom. The van der Waals surface area contributed by atoms with Gasteiger partial charge >= 0.3 is 23.9 Å². The Labute approximate surface area is 181 Å². The van der Waals surface area contributed by atoms with Crippen LogP contribution in [0.5, 0.6) is 0 Å². The van der Waals surface area contributed by atoms with E-state index in [1.807, 2.05) is 0 Å². The quantitative estimate of drug-likeness (QED) is 0.288. The van der Waals surface area contributed by atoms with Gasteiger partial charge in [-0.25, -0.2) is 19.2 Å². The van der Waals surface area contributed by atoms with Crippen LogP contribution in [0, 0.1) is 0 Å². The van der Waals surface area contributed by atoms with E-state index < -0.39 is 54.9 Å². The maximum absolute atomic E-state index is 12.2.